The van der Waals surface area contributed by atoms with Gasteiger partial charge in [-0.25, -0.2) is 9.59 Å². The zero-order valence-corrected chi connectivity index (χ0v) is 16.5. The van der Waals surface area contributed by atoms with Gasteiger partial charge in [0.2, 0.25) is 0 Å². The average molecular weight is 479 g/mol. The van der Waals surface area contributed by atoms with Gasteiger partial charge in [-0.3, -0.25) is 9.88 Å². The van der Waals surface area contributed by atoms with Crippen LogP contribution in [-0.2, 0) is 9.47 Å². The van der Waals surface area contributed by atoms with Gasteiger partial charge in [0.05, 0.1) is 9.67 Å². The van der Waals surface area contributed by atoms with E-state index in [0.717, 1.165) is 36.7 Å². The Morgan fingerprint density at radius 3 is 2.65 bits per heavy atom. The Morgan fingerprint density at radius 2 is 2.04 bits per heavy atom. The van der Waals surface area contributed by atoms with Crippen LogP contribution in [0.2, 0.25) is 0 Å². The molecule has 26 heavy (non-hydrogen) atoms. The van der Waals surface area contributed by atoms with Gasteiger partial charge in [-0.1, -0.05) is 6.42 Å². The molecule has 4 atom stereocenters. The largest absolute Gasteiger partial charge is 0.446 e. The van der Waals surface area contributed by atoms with Gasteiger partial charge < -0.3 is 19.7 Å². The van der Waals surface area contributed by atoms with Crippen molar-refractivity contribution in [2.24, 2.45) is 0 Å². The third kappa shape index (κ3) is 4.18. The summed E-state index contributed by atoms with van der Waals surface area (Å²) < 4.78 is 12.4. The second-order valence-electron chi connectivity index (χ2n) is 6.63. The lowest BCUT2D eigenvalue weighted by Crippen LogP contribution is -2.36. The predicted octanol–water partition coefficient (Wildman–Crippen LogP) is 1.37. The maximum atomic E-state index is 12.3. The summed E-state index contributed by atoms with van der Waals surface area (Å²) in [6, 6.07) is 0. The van der Waals surface area contributed by atoms with E-state index < -0.39 is 36.3 Å². The van der Waals surface area contributed by atoms with Crippen LogP contribution < -0.4 is 11.0 Å². The molecule has 9 nitrogen and oxygen atoms in total. The van der Waals surface area contributed by atoms with Crippen LogP contribution in [0.15, 0.2) is 11.0 Å². The van der Waals surface area contributed by atoms with Gasteiger partial charge in [0.25, 0.3) is 0 Å². The van der Waals surface area contributed by atoms with E-state index in [1.807, 2.05) is 22.6 Å². The molecule has 1 aliphatic heterocycles. The zero-order valence-electron chi connectivity index (χ0n) is 14.3. The van der Waals surface area contributed by atoms with E-state index in [-0.39, 0.29) is 11.9 Å². The van der Waals surface area contributed by atoms with Crippen LogP contribution in [-0.4, -0.2) is 50.3 Å². The normalized spacial score (nSPS) is 29.5. The summed E-state index contributed by atoms with van der Waals surface area (Å²) in [5.74, 6) is 0.0914. The van der Waals surface area contributed by atoms with Crippen molar-refractivity contribution >= 4 is 34.5 Å². The monoisotopic (exact) mass is 479 g/mol. The van der Waals surface area contributed by atoms with Crippen molar-refractivity contribution in [2.45, 2.75) is 69.7 Å². The quantitative estimate of drug-likeness (QED) is 0.560. The second-order valence-corrected chi connectivity index (χ2v) is 7.79. The van der Waals surface area contributed by atoms with E-state index in [1.165, 1.54) is 6.20 Å². The number of halogens is 1. The first-order valence-electron chi connectivity index (χ1n) is 8.64. The summed E-state index contributed by atoms with van der Waals surface area (Å²) in [6.07, 6.45) is 1.63. The lowest BCUT2D eigenvalue weighted by molar-refractivity contribution is -0.0351. The highest BCUT2D eigenvalue weighted by molar-refractivity contribution is 14.1. The minimum atomic E-state index is -1.24. The molecule has 10 heteroatoms. The highest BCUT2D eigenvalue weighted by Gasteiger charge is 2.42. The first-order chi connectivity index (χ1) is 12.4. The van der Waals surface area contributed by atoms with Crippen molar-refractivity contribution in [2.75, 3.05) is 5.32 Å². The number of aliphatic hydroxyl groups is 2. The van der Waals surface area contributed by atoms with Crippen LogP contribution in [0.4, 0.5) is 10.6 Å². The average Bonchev–Trinajstić information content (AvgIpc) is 2.86. The van der Waals surface area contributed by atoms with E-state index in [9.17, 15) is 19.8 Å². The maximum Gasteiger partial charge on any atom is 0.413 e. The second kappa shape index (κ2) is 8.19. The van der Waals surface area contributed by atoms with Crippen molar-refractivity contribution in [1.82, 2.24) is 9.55 Å². The number of hydrogen-bond donors (Lipinski definition) is 3. The topological polar surface area (TPSA) is 123 Å². The van der Waals surface area contributed by atoms with Gasteiger partial charge in [-0.05, 0) is 55.2 Å². The summed E-state index contributed by atoms with van der Waals surface area (Å²) in [5.41, 5.74) is -0.705. The Bertz CT molecular complexity index is 720. The van der Waals surface area contributed by atoms with Gasteiger partial charge in [0.15, 0.2) is 12.0 Å². The van der Waals surface area contributed by atoms with Crippen LogP contribution in [0, 0.1) is 3.57 Å². The Kier molecular flexibility index (Phi) is 6.15. The SMILES string of the molecule is C[C@H]1O[C@@H](n2cc(I)c(NC(=O)OC3CCCCC3)nc2=O)[C@H](O)[C@@H]1O. The molecule has 0 unspecified atom stereocenters. The van der Waals surface area contributed by atoms with Crippen LogP contribution in [0.3, 0.4) is 0 Å². The number of carbonyl (C=O) groups excluding carboxylic acids is 1. The van der Waals surface area contributed by atoms with Crippen molar-refractivity contribution in [3.8, 4) is 0 Å². The van der Waals surface area contributed by atoms with Crippen molar-refractivity contribution in [1.29, 1.82) is 0 Å². The fraction of sp³-hybridized carbons (Fsp3) is 0.688. The molecule has 3 rings (SSSR count). The summed E-state index contributed by atoms with van der Waals surface area (Å²) in [7, 11) is 0. The number of rotatable bonds is 3. The zero-order chi connectivity index (χ0) is 18.8. The number of carbonyl (C=O) groups is 1. The van der Waals surface area contributed by atoms with Crippen molar-refractivity contribution in [3.05, 3.63) is 20.3 Å². The number of aromatic nitrogens is 2. The Morgan fingerprint density at radius 1 is 1.35 bits per heavy atom. The molecule has 0 aromatic carbocycles. The fourth-order valence-corrected chi connectivity index (χ4v) is 3.79. The molecule has 2 aliphatic rings. The predicted molar refractivity (Wildman–Crippen MR) is 99.8 cm³/mol. The molecule has 2 fully saturated rings. The van der Waals surface area contributed by atoms with E-state index >= 15 is 0 Å². The highest BCUT2D eigenvalue weighted by Crippen LogP contribution is 2.29. The first kappa shape index (κ1) is 19.5. The lowest BCUT2D eigenvalue weighted by Gasteiger charge is -2.22. The maximum absolute atomic E-state index is 12.3. The number of nitrogens with zero attached hydrogens (tertiary/aromatic N) is 2. The smallest absolute Gasteiger partial charge is 0.413 e. The van der Waals surface area contributed by atoms with Crippen LogP contribution in [0.5, 0.6) is 0 Å². The van der Waals surface area contributed by atoms with Crippen LogP contribution in [0.1, 0.15) is 45.3 Å². The molecule has 1 saturated heterocycles. The number of amides is 1. The molecule has 3 N–H and O–H groups in total. The molecule has 1 aliphatic carbocycles. The molecule has 1 saturated carbocycles. The van der Waals surface area contributed by atoms with Gasteiger partial charge >= 0.3 is 11.8 Å². The van der Waals surface area contributed by atoms with Gasteiger partial charge in [-0.2, -0.15) is 4.98 Å². The number of anilines is 1. The van der Waals surface area contributed by atoms with Gasteiger partial charge in [0.1, 0.15) is 18.3 Å². The van der Waals surface area contributed by atoms with Crippen molar-refractivity contribution in [3.63, 3.8) is 0 Å². The van der Waals surface area contributed by atoms with Crippen LogP contribution >= 0.6 is 22.6 Å². The van der Waals surface area contributed by atoms with E-state index in [2.05, 4.69) is 10.3 Å². The number of aliphatic hydroxyl groups excluding tert-OH is 2. The molecule has 0 bridgehead atoms. The fourth-order valence-electron chi connectivity index (χ4n) is 3.23. The van der Waals surface area contributed by atoms with Gasteiger partial charge in [-0.15, -0.1) is 0 Å². The molecule has 2 heterocycles. The van der Waals surface area contributed by atoms with E-state index in [0.29, 0.717) is 3.57 Å². The number of hydrogen-bond acceptors (Lipinski definition) is 7. The first-order valence-corrected chi connectivity index (χ1v) is 9.72. The van der Waals surface area contributed by atoms with Crippen molar-refractivity contribution < 1.29 is 24.5 Å². The van der Waals surface area contributed by atoms with Gasteiger partial charge in [0, 0.05) is 6.20 Å². The Hall–Kier alpha value is -1.24. The molecular formula is C16H22IN3O6. The Labute approximate surface area is 163 Å². The minimum absolute atomic E-state index is 0.0914. The van der Waals surface area contributed by atoms with E-state index in [1.54, 1.807) is 6.92 Å². The van der Waals surface area contributed by atoms with Crippen LogP contribution in [0.25, 0.3) is 0 Å². The molecule has 1 amide bonds. The molecule has 0 spiro atoms. The molecule has 1 aromatic heterocycles. The highest BCUT2D eigenvalue weighted by atomic mass is 127. The molecule has 144 valence electrons. The Balaban J connectivity index is 1.71. The summed E-state index contributed by atoms with van der Waals surface area (Å²) >= 11 is 1.92. The standard InChI is InChI=1S/C16H22IN3O6/c1-8-11(21)12(22)14(25-8)20-7-10(17)13(18-15(20)23)19-16(24)26-9-5-3-2-4-6-9/h7-9,11-12,14,21-22H,2-6H2,1H3,(H,18,19,23,24)/t8-,11-,12-,14-/m1/s1. The summed E-state index contributed by atoms with van der Waals surface area (Å²) in [5, 5.41) is 22.3. The third-order valence-corrected chi connectivity index (χ3v) is 5.49. The molecular weight excluding hydrogens is 457 g/mol. The third-order valence-electron chi connectivity index (χ3n) is 4.70. The lowest BCUT2D eigenvalue weighted by atomic mass is 9.98. The molecule has 0 radical (unpaired) electrons. The summed E-state index contributed by atoms with van der Waals surface area (Å²) in [4.78, 5) is 28.2. The van der Waals surface area contributed by atoms with E-state index in [4.69, 9.17) is 9.47 Å². The number of ether oxygens (including phenoxy) is 2. The summed E-state index contributed by atoms with van der Waals surface area (Å²) in [6.45, 7) is 1.61. The number of nitrogens with one attached hydrogen (secondary N) is 1. The molecule has 1 aromatic rings. The minimum Gasteiger partial charge on any atom is -0.446 e.